The van der Waals surface area contributed by atoms with Crippen LogP contribution in [0.4, 0.5) is 15.8 Å². The third-order valence-corrected chi connectivity index (χ3v) is 5.54. The molecular formula is C19H19FN2O5S. The molecule has 1 aliphatic rings. The van der Waals surface area contributed by atoms with E-state index in [1.807, 2.05) is 0 Å². The Bertz CT molecular complexity index is 1050. The number of carbonyl (C=O) groups excluding carboxylic acids is 2. The van der Waals surface area contributed by atoms with Gasteiger partial charge in [-0.05, 0) is 54.8 Å². The fraction of sp³-hybridized carbons (Fsp3) is 0.263. The van der Waals surface area contributed by atoms with Gasteiger partial charge in [-0.2, -0.15) is 0 Å². The number of anilines is 2. The summed E-state index contributed by atoms with van der Waals surface area (Å²) in [4.78, 5) is 24.1. The first-order valence-electron chi connectivity index (χ1n) is 8.49. The van der Waals surface area contributed by atoms with Crippen molar-refractivity contribution in [3.8, 4) is 0 Å². The molecule has 0 saturated heterocycles. The molecule has 0 aliphatic carbocycles. The van der Waals surface area contributed by atoms with Crippen LogP contribution in [0.1, 0.15) is 21.5 Å². The van der Waals surface area contributed by atoms with Gasteiger partial charge in [0.1, 0.15) is 5.82 Å². The Kier molecular flexibility index (Phi) is 5.37. The predicted octanol–water partition coefficient (Wildman–Crippen LogP) is 2.25. The van der Waals surface area contributed by atoms with E-state index in [2.05, 4.69) is 5.32 Å². The van der Waals surface area contributed by atoms with Crippen LogP contribution in [0.15, 0.2) is 36.4 Å². The summed E-state index contributed by atoms with van der Waals surface area (Å²) >= 11 is 0. The quantitative estimate of drug-likeness (QED) is 0.769. The molecule has 0 saturated carbocycles. The SMILES string of the molecule is Cc1ccc(NC(=O)COC(=O)c2ccc3c(c2)CCN3S(C)(=O)=O)cc1F. The van der Waals surface area contributed by atoms with Crippen molar-refractivity contribution in [1.82, 2.24) is 0 Å². The Morgan fingerprint density at radius 2 is 1.96 bits per heavy atom. The summed E-state index contributed by atoms with van der Waals surface area (Å²) < 4.78 is 43.3. The third-order valence-electron chi connectivity index (χ3n) is 4.36. The summed E-state index contributed by atoms with van der Waals surface area (Å²) in [7, 11) is -3.37. The lowest BCUT2D eigenvalue weighted by Crippen LogP contribution is -2.27. The van der Waals surface area contributed by atoms with Crippen LogP contribution in [-0.4, -0.2) is 39.7 Å². The monoisotopic (exact) mass is 406 g/mol. The number of nitrogens with zero attached hydrogens (tertiary/aromatic N) is 1. The lowest BCUT2D eigenvalue weighted by molar-refractivity contribution is -0.119. The number of ether oxygens (including phenoxy) is 1. The standard InChI is InChI=1S/C19H19FN2O5S/c1-12-3-5-15(10-16(12)20)21-18(23)11-27-19(24)14-4-6-17-13(9-14)7-8-22(17)28(2,25)26/h3-6,9-10H,7-8,11H2,1-2H3,(H,21,23). The van der Waals surface area contributed by atoms with E-state index in [1.165, 1.54) is 22.5 Å². The summed E-state index contributed by atoms with van der Waals surface area (Å²) in [5.74, 6) is -1.75. The Labute approximate surface area is 162 Å². The second kappa shape index (κ2) is 7.59. The highest BCUT2D eigenvalue weighted by Gasteiger charge is 2.27. The number of hydrogen-bond donors (Lipinski definition) is 1. The second-order valence-electron chi connectivity index (χ2n) is 6.52. The Balaban J connectivity index is 1.61. The van der Waals surface area contributed by atoms with Crippen LogP contribution in [-0.2, 0) is 26.0 Å². The smallest absolute Gasteiger partial charge is 0.338 e. The molecule has 2 aromatic carbocycles. The first-order chi connectivity index (χ1) is 13.1. The molecule has 28 heavy (non-hydrogen) atoms. The topological polar surface area (TPSA) is 92.8 Å². The summed E-state index contributed by atoms with van der Waals surface area (Å²) in [5, 5.41) is 2.45. The highest BCUT2D eigenvalue weighted by molar-refractivity contribution is 7.92. The van der Waals surface area contributed by atoms with Gasteiger partial charge in [0.25, 0.3) is 5.91 Å². The Morgan fingerprint density at radius 1 is 1.21 bits per heavy atom. The van der Waals surface area contributed by atoms with Crippen LogP contribution in [0, 0.1) is 12.7 Å². The van der Waals surface area contributed by atoms with Crippen molar-refractivity contribution in [3.05, 3.63) is 58.9 Å². The van der Waals surface area contributed by atoms with E-state index in [0.29, 0.717) is 24.2 Å². The molecule has 0 bridgehead atoms. The molecule has 1 aliphatic heterocycles. The molecule has 0 radical (unpaired) electrons. The van der Waals surface area contributed by atoms with E-state index in [0.717, 1.165) is 11.8 Å². The van der Waals surface area contributed by atoms with E-state index in [-0.39, 0.29) is 11.3 Å². The molecule has 0 fully saturated rings. The van der Waals surface area contributed by atoms with E-state index in [9.17, 15) is 22.4 Å². The number of rotatable bonds is 5. The van der Waals surface area contributed by atoms with Crippen molar-refractivity contribution in [2.75, 3.05) is 29.0 Å². The maximum Gasteiger partial charge on any atom is 0.338 e. The van der Waals surface area contributed by atoms with Crippen LogP contribution < -0.4 is 9.62 Å². The minimum Gasteiger partial charge on any atom is -0.452 e. The van der Waals surface area contributed by atoms with Crippen molar-refractivity contribution >= 4 is 33.3 Å². The van der Waals surface area contributed by atoms with Crippen molar-refractivity contribution in [2.45, 2.75) is 13.3 Å². The summed E-state index contributed by atoms with van der Waals surface area (Å²) in [6, 6.07) is 8.83. The predicted molar refractivity (Wildman–Crippen MR) is 102 cm³/mol. The van der Waals surface area contributed by atoms with Gasteiger partial charge in [-0.3, -0.25) is 9.10 Å². The number of carbonyl (C=O) groups is 2. The van der Waals surface area contributed by atoms with Crippen LogP contribution in [0.25, 0.3) is 0 Å². The van der Waals surface area contributed by atoms with E-state index in [1.54, 1.807) is 25.1 Å². The number of fused-ring (bicyclic) bond motifs is 1. The van der Waals surface area contributed by atoms with Gasteiger partial charge in [-0.1, -0.05) is 6.07 Å². The molecule has 1 N–H and O–H groups in total. The molecule has 148 valence electrons. The van der Waals surface area contributed by atoms with Gasteiger partial charge in [-0.15, -0.1) is 0 Å². The molecule has 2 aromatic rings. The van der Waals surface area contributed by atoms with Gasteiger partial charge in [0, 0.05) is 12.2 Å². The van der Waals surface area contributed by atoms with Crippen molar-refractivity contribution in [2.24, 2.45) is 0 Å². The number of nitrogens with one attached hydrogen (secondary N) is 1. The molecule has 0 unspecified atom stereocenters. The zero-order valence-electron chi connectivity index (χ0n) is 15.4. The molecular weight excluding hydrogens is 387 g/mol. The molecule has 3 rings (SSSR count). The number of halogens is 1. The average molecular weight is 406 g/mol. The van der Waals surface area contributed by atoms with Crippen LogP contribution in [0.2, 0.25) is 0 Å². The minimum atomic E-state index is -3.37. The first kappa shape index (κ1) is 19.8. The summed E-state index contributed by atoms with van der Waals surface area (Å²) in [6.07, 6.45) is 1.62. The van der Waals surface area contributed by atoms with Crippen LogP contribution in [0.5, 0.6) is 0 Å². The van der Waals surface area contributed by atoms with E-state index >= 15 is 0 Å². The number of aryl methyl sites for hydroxylation is 1. The van der Waals surface area contributed by atoms with Gasteiger partial charge < -0.3 is 10.1 Å². The average Bonchev–Trinajstić information content (AvgIpc) is 3.06. The largest absolute Gasteiger partial charge is 0.452 e. The normalized spacial score (nSPS) is 13.2. The maximum absolute atomic E-state index is 13.5. The molecule has 0 spiro atoms. The zero-order valence-corrected chi connectivity index (χ0v) is 16.2. The Hall–Kier alpha value is -2.94. The third kappa shape index (κ3) is 4.30. The number of esters is 1. The number of sulfonamides is 1. The second-order valence-corrected chi connectivity index (χ2v) is 8.42. The number of amides is 1. The summed E-state index contributed by atoms with van der Waals surface area (Å²) in [5.41, 5.74) is 2.21. The molecule has 9 heteroatoms. The molecule has 7 nitrogen and oxygen atoms in total. The molecule has 1 amide bonds. The van der Waals surface area contributed by atoms with Crippen molar-refractivity contribution in [3.63, 3.8) is 0 Å². The van der Waals surface area contributed by atoms with Crippen molar-refractivity contribution < 1.29 is 27.1 Å². The minimum absolute atomic E-state index is 0.225. The zero-order chi connectivity index (χ0) is 20.5. The van der Waals surface area contributed by atoms with Crippen LogP contribution in [0.3, 0.4) is 0 Å². The lowest BCUT2D eigenvalue weighted by Gasteiger charge is -2.16. The molecule has 0 aromatic heterocycles. The van der Waals surface area contributed by atoms with Gasteiger partial charge >= 0.3 is 5.97 Å². The van der Waals surface area contributed by atoms with Gasteiger partial charge in [-0.25, -0.2) is 17.6 Å². The summed E-state index contributed by atoms with van der Waals surface area (Å²) in [6.45, 7) is 1.40. The lowest BCUT2D eigenvalue weighted by atomic mass is 10.1. The van der Waals surface area contributed by atoms with Gasteiger partial charge in [0.15, 0.2) is 6.61 Å². The number of hydrogen-bond acceptors (Lipinski definition) is 5. The van der Waals surface area contributed by atoms with E-state index < -0.39 is 34.3 Å². The Morgan fingerprint density at radius 3 is 2.64 bits per heavy atom. The first-order valence-corrected chi connectivity index (χ1v) is 10.3. The fourth-order valence-corrected chi connectivity index (χ4v) is 3.88. The maximum atomic E-state index is 13.5. The molecule has 0 atom stereocenters. The van der Waals surface area contributed by atoms with Crippen LogP contribution >= 0.6 is 0 Å². The van der Waals surface area contributed by atoms with E-state index in [4.69, 9.17) is 4.74 Å². The highest BCUT2D eigenvalue weighted by atomic mass is 32.2. The number of benzene rings is 2. The van der Waals surface area contributed by atoms with Gasteiger partial charge in [0.2, 0.25) is 10.0 Å². The fourth-order valence-electron chi connectivity index (χ4n) is 2.93. The molecule has 1 heterocycles. The highest BCUT2D eigenvalue weighted by Crippen LogP contribution is 2.30. The van der Waals surface area contributed by atoms with Crippen molar-refractivity contribution in [1.29, 1.82) is 0 Å². The van der Waals surface area contributed by atoms with Gasteiger partial charge in [0.05, 0.1) is 17.5 Å².